The second kappa shape index (κ2) is 7.83. The third kappa shape index (κ3) is 3.58. The van der Waals surface area contributed by atoms with Crippen molar-refractivity contribution in [3.05, 3.63) is 63.7 Å². The Hall–Kier alpha value is -2.93. The van der Waals surface area contributed by atoms with Gasteiger partial charge in [0.25, 0.3) is 5.91 Å². The maximum absolute atomic E-state index is 13.1. The van der Waals surface area contributed by atoms with Gasteiger partial charge >= 0.3 is 5.69 Å². The van der Waals surface area contributed by atoms with Gasteiger partial charge in [0.1, 0.15) is 0 Å². The number of aromatic nitrogens is 3. The highest BCUT2D eigenvalue weighted by Crippen LogP contribution is 2.26. The molecule has 1 aromatic carbocycles. The van der Waals surface area contributed by atoms with Crippen LogP contribution in [0.4, 0.5) is 0 Å². The number of aryl methyl sites for hydroxylation is 2. The van der Waals surface area contributed by atoms with E-state index in [0.717, 1.165) is 23.1 Å². The van der Waals surface area contributed by atoms with Crippen LogP contribution in [0.3, 0.4) is 0 Å². The lowest BCUT2D eigenvalue weighted by molar-refractivity contribution is 0.0787. The van der Waals surface area contributed by atoms with E-state index in [1.807, 2.05) is 43.0 Å². The average molecular weight is 394 g/mol. The molecule has 0 unspecified atom stereocenters. The Bertz CT molecular complexity index is 1090. The molecule has 0 N–H and O–H groups in total. The number of pyridine rings is 1. The molecule has 29 heavy (non-hydrogen) atoms. The van der Waals surface area contributed by atoms with Gasteiger partial charge in [0.15, 0.2) is 5.65 Å². The first kappa shape index (κ1) is 19.4. The first-order valence-electron chi connectivity index (χ1n) is 9.92. The molecule has 1 aliphatic rings. The number of rotatable bonds is 5. The highest BCUT2D eigenvalue weighted by molar-refractivity contribution is 5.94. The number of nitrogens with zero attached hydrogens (tertiary/aromatic N) is 4. The van der Waals surface area contributed by atoms with Crippen LogP contribution in [0, 0.1) is 13.8 Å². The van der Waals surface area contributed by atoms with Gasteiger partial charge in [-0.1, -0.05) is 17.2 Å². The summed E-state index contributed by atoms with van der Waals surface area (Å²) in [5.41, 5.74) is 4.22. The Morgan fingerprint density at radius 1 is 1.24 bits per heavy atom. The molecule has 0 spiro atoms. The van der Waals surface area contributed by atoms with Crippen molar-refractivity contribution in [1.29, 1.82) is 0 Å². The van der Waals surface area contributed by atoms with Crippen LogP contribution in [0.1, 0.15) is 33.9 Å². The number of methoxy groups -OCH3 is 1. The zero-order chi connectivity index (χ0) is 20.5. The highest BCUT2D eigenvalue weighted by Gasteiger charge is 2.31. The molecule has 1 aliphatic heterocycles. The van der Waals surface area contributed by atoms with Crippen LogP contribution in [0.25, 0.3) is 11.2 Å². The molecule has 7 heteroatoms. The number of likely N-dealkylation sites (tertiary alicyclic amines) is 1. The zero-order valence-electron chi connectivity index (χ0n) is 17.1. The molecule has 0 radical (unpaired) electrons. The second-order valence-electron chi connectivity index (χ2n) is 7.71. The predicted molar refractivity (Wildman–Crippen MR) is 111 cm³/mol. The smallest absolute Gasteiger partial charge is 0.330 e. The van der Waals surface area contributed by atoms with Gasteiger partial charge in [-0.15, -0.1) is 0 Å². The molecule has 3 aromatic rings. The molecule has 2 aromatic heterocycles. The van der Waals surface area contributed by atoms with Gasteiger partial charge in [0.05, 0.1) is 24.7 Å². The Balaban J connectivity index is 1.64. The Morgan fingerprint density at radius 3 is 2.72 bits per heavy atom. The van der Waals surface area contributed by atoms with E-state index in [2.05, 4.69) is 11.1 Å². The maximum Gasteiger partial charge on any atom is 0.330 e. The summed E-state index contributed by atoms with van der Waals surface area (Å²) in [6.07, 6.45) is 2.43. The normalized spacial score (nSPS) is 16.7. The molecular weight excluding hydrogens is 368 g/mol. The second-order valence-corrected chi connectivity index (χ2v) is 7.71. The number of hydrogen-bond donors (Lipinski definition) is 0. The number of hydrogen-bond acceptors (Lipinski definition) is 4. The minimum Gasteiger partial charge on any atom is -0.383 e. The van der Waals surface area contributed by atoms with E-state index in [1.165, 1.54) is 0 Å². The Morgan fingerprint density at radius 2 is 2.00 bits per heavy atom. The third-order valence-corrected chi connectivity index (χ3v) is 5.53. The molecule has 4 rings (SSSR count). The quantitative estimate of drug-likeness (QED) is 0.667. The number of carbonyl (C=O) groups excluding carboxylic acids is 1. The number of benzene rings is 1. The van der Waals surface area contributed by atoms with Gasteiger partial charge in [0.2, 0.25) is 0 Å². The Kier molecular flexibility index (Phi) is 5.24. The number of ether oxygens (including phenoxy) is 1. The van der Waals surface area contributed by atoms with Gasteiger partial charge in [-0.05, 0) is 44.5 Å². The zero-order valence-corrected chi connectivity index (χ0v) is 17.1. The summed E-state index contributed by atoms with van der Waals surface area (Å²) in [5.74, 6) is 0.0171. The lowest BCUT2D eigenvalue weighted by Crippen LogP contribution is -2.32. The molecule has 1 fully saturated rings. The van der Waals surface area contributed by atoms with Crippen molar-refractivity contribution in [3.63, 3.8) is 0 Å². The van der Waals surface area contributed by atoms with Crippen LogP contribution >= 0.6 is 0 Å². The molecule has 0 saturated carbocycles. The minimum atomic E-state index is -0.0959. The summed E-state index contributed by atoms with van der Waals surface area (Å²) in [6.45, 7) is 6.05. The fourth-order valence-corrected chi connectivity index (χ4v) is 4.25. The monoisotopic (exact) mass is 394 g/mol. The molecule has 152 valence electrons. The van der Waals surface area contributed by atoms with Crippen molar-refractivity contribution < 1.29 is 9.53 Å². The average Bonchev–Trinajstić information content (AvgIpc) is 3.27. The summed E-state index contributed by atoms with van der Waals surface area (Å²) in [7, 11) is 1.62. The van der Waals surface area contributed by atoms with Crippen molar-refractivity contribution in [3.8, 4) is 0 Å². The number of amides is 1. The third-order valence-electron chi connectivity index (χ3n) is 5.53. The summed E-state index contributed by atoms with van der Waals surface area (Å²) in [6, 6.07) is 9.56. The van der Waals surface area contributed by atoms with Crippen molar-refractivity contribution in [1.82, 2.24) is 19.0 Å². The summed E-state index contributed by atoms with van der Waals surface area (Å²) in [4.78, 5) is 32.5. The Labute approximate surface area is 169 Å². The van der Waals surface area contributed by atoms with E-state index in [1.54, 1.807) is 22.4 Å². The van der Waals surface area contributed by atoms with Gasteiger partial charge in [-0.3, -0.25) is 13.9 Å². The standard InChI is InChI=1S/C22H26N4O3/c1-15-11-16(2)13-17(12-15)21(27)24-8-6-18(14-24)26-20-19(5-4-7-23-20)25(22(26)28)9-10-29-3/h4-5,7,11-13,18H,6,8-10,14H2,1-3H3/t18-/m1/s1. The molecule has 1 atom stereocenters. The minimum absolute atomic E-state index is 0.0171. The lowest BCUT2D eigenvalue weighted by atomic mass is 10.1. The fourth-order valence-electron chi connectivity index (χ4n) is 4.25. The number of fused-ring (bicyclic) bond motifs is 1. The molecule has 1 saturated heterocycles. The molecule has 3 heterocycles. The summed E-state index contributed by atoms with van der Waals surface area (Å²) in [5, 5.41) is 0. The van der Waals surface area contributed by atoms with Crippen LogP contribution in [0.15, 0.2) is 41.3 Å². The molecule has 1 amide bonds. The maximum atomic E-state index is 13.1. The SMILES string of the molecule is COCCn1c(=O)n([C@@H]2CCN(C(=O)c3cc(C)cc(C)c3)C2)c2ncccc21. The fraction of sp³-hybridized carbons (Fsp3) is 0.409. The molecule has 7 nitrogen and oxygen atoms in total. The molecule has 0 aliphatic carbocycles. The van der Waals surface area contributed by atoms with Crippen molar-refractivity contribution >= 4 is 17.1 Å². The molecule has 0 bridgehead atoms. The van der Waals surface area contributed by atoms with Crippen LogP contribution in [-0.2, 0) is 11.3 Å². The topological polar surface area (TPSA) is 69.4 Å². The van der Waals surface area contributed by atoms with E-state index in [0.29, 0.717) is 37.5 Å². The lowest BCUT2D eigenvalue weighted by Gasteiger charge is -2.17. The van der Waals surface area contributed by atoms with E-state index < -0.39 is 0 Å². The molecular formula is C22H26N4O3. The van der Waals surface area contributed by atoms with Crippen molar-refractivity contribution in [2.45, 2.75) is 32.9 Å². The van der Waals surface area contributed by atoms with Crippen LogP contribution < -0.4 is 5.69 Å². The van der Waals surface area contributed by atoms with Crippen LogP contribution in [-0.4, -0.2) is 51.7 Å². The van der Waals surface area contributed by atoms with Crippen LogP contribution in [0.5, 0.6) is 0 Å². The van der Waals surface area contributed by atoms with E-state index in [9.17, 15) is 9.59 Å². The van der Waals surface area contributed by atoms with E-state index in [-0.39, 0.29) is 17.6 Å². The highest BCUT2D eigenvalue weighted by atomic mass is 16.5. The van der Waals surface area contributed by atoms with Gasteiger partial charge in [-0.25, -0.2) is 9.78 Å². The summed E-state index contributed by atoms with van der Waals surface area (Å²) < 4.78 is 8.62. The largest absolute Gasteiger partial charge is 0.383 e. The van der Waals surface area contributed by atoms with Crippen molar-refractivity contribution in [2.75, 3.05) is 26.8 Å². The van der Waals surface area contributed by atoms with Crippen LogP contribution in [0.2, 0.25) is 0 Å². The van der Waals surface area contributed by atoms with E-state index in [4.69, 9.17) is 4.74 Å². The predicted octanol–water partition coefficient (Wildman–Crippen LogP) is 2.55. The first-order chi connectivity index (χ1) is 14.0. The van der Waals surface area contributed by atoms with Crippen molar-refractivity contribution in [2.24, 2.45) is 0 Å². The van der Waals surface area contributed by atoms with Gasteiger partial charge in [0, 0.05) is 32.0 Å². The number of imidazole rings is 1. The van der Waals surface area contributed by atoms with Gasteiger partial charge in [-0.2, -0.15) is 0 Å². The number of carbonyl (C=O) groups is 1. The first-order valence-corrected chi connectivity index (χ1v) is 9.92. The summed E-state index contributed by atoms with van der Waals surface area (Å²) >= 11 is 0. The van der Waals surface area contributed by atoms with E-state index >= 15 is 0 Å². The van der Waals surface area contributed by atoms with Gasteiger partial charge < -0.3 is 9.64 Å².